The number of hydrogen-bond donors (Lipinski definition) is 1. The molecule has 1 rings (SSSR count). The van der Waals surface area contributed by atoms with Crippen molar-refractivity contribution in [1.29, 1.82) is 0 Å². The summed E-state index contributed by atoms with van der Waals surface area (Å²) in [7, 11) is 0. The highest BCUT2D eigenvalue weighted by Gasteiger charge is 2.06. The molecular formula is C6H7NO. The first-order valence-corrected chi connectivity index (χ1v) is 2.45. The maximum Gasteiger partial charge on any atom is 0.176 e. The zero-order valence-electron chi connectivity index (χ0n) is 4.37. The molecule has 2 N–H and O–H groups in total. The topological polar surface area (TPSA) is 43.1 Å². The Bertz CT molecular complexity index is 158. The zero-order valence-corrected chi connectivity index (χ0v) is 4.37. The molecule has 2 heteroatoms. The fourth-order valence-electron chi connectivity index (χ4n) is 0.540. The van der Waals surface area contributed by atoms with Crippen LogP contribution in [0, 0.1) is 0 Å². The van der Waals surface area contributed by atoms with Gasteiger partial charge in [0.15, 0.2) is 5.78 Å². The van der Waals surface area contributed by atoms with E-state index < -0.39 is 6.04 Å². The van der Waals surface area contributed by atoms with Crippen LogP contribution in [0.2, 0.25) is 0 Å². The minimum Gasteiger partial charge on any atom is -0.318 e. The minimum absolute atomic E-state index is 0.0208. The molecule has 0 bridgehead atoms. The van der Waals surface area contributed by atoms with Crippen LogP contribution in [0.25, 0.3) is 0 Å². The average Bonchev–Trinajstić information content (AvgIpc) is 1.77. The quantitative estimate of drug-likeness (QED) is 0.476. The van der Waals surface area contributed by atoms with Gasteiger partial charge in [-0.15, -0.1) is 0 Å². The third kappa shape index (κ3) is 0.845. The van der Waals surface area contributed by atoms with Crippen molar-refractivity contribution >= 4 is 5.78 Å². The summed E-state index contributed by atoms with van der Waals surface area (Å²) in [5, 5.41) is 0. The molecule has 1 aliphatic rings. The summed E-state index contributed by atoms with van der Waals surface area (Å²) in [5.41, 5.74) is 5.29. The second-order valence-corrected chi connectivity index (χ2v) is 1.67. The largest absolute Gasteiger partial charge is 0.318 e. The Labute approximate surface area is 47.7 Å². The standard InChI is InChI=1S/C6H7NO/c7-5-3-1-2-4-6(5)8/h1-5H,7H2. The highest BCUT2D eigenvalue weighted by Crippen LogP contribution is 1.94. The van der Waals surface area contributed by atoms with E-state index in [9.17, 15) is 4.79 Å². The van der Waals surface area contributed by atoms with E-state index in [-0.39, 0.29) is 5.78 Å². The average molecular weight is 109 g/mol. The number of carbonyl (C=O) groups is 1. The third-order valence-corrected chi connectivity index (χ3v) is 1.02. The van der Waals surface area contributed by atoms with Crippen LogP contribution in [0.4, 0.5) is 0 Å². The highest BCUT2D eigenvalue weighted by molar-refractivity contribution is 5.96. The van der Waals surface area contributed by atoms with Crippen LogP contribution in [-0.4, -0.2) is 11.8 Å². The lowest BCUT2D eigenvalue weighted by Gasteiger charge is -2.01. The Balaban J connectivity index is 2.74. The van der Waals surface area contributed by atoms with Crippen molar-refractivity contribution in [2.75, 3.05) is 0 Å². The number of allylic oxidation sites excluding steroid dienone is 2. The SMILES string of the molecule is NC1C=CC=CC1=O. The second kappa shape index (κ2) is 1.92. The number of nitrogens with two attached hydrogens (primary N) is 1. The normalized spacial score (nSPS) is 26.6. The monoisotopic (exact) mass is 109 g/mol. The van der Waals surface area contributed by atoms with Crippen LogP contribution in [0.15, 0.2) is 24.3 Å². The molecule has 0 saturated heterocycles. The summed E-state index contributed by atoms with van der Waals surface area (Å²) in [6, 6.07) is -0.403. The van der Waals surface area contributed by atoms with E-state index in [0.29, 0.717) is 0 Å². The molecule has 0 aromatic carbocycles. The van der Waals surface area contributed by atoms with Crippen molar-refractivity contribution in [2.45, 2.75) is 6.04 Å². The molecule has 0 spiro atoms. The molecule has 2 nitrogen and oxygen atoms in total. The van der Waals surface area contributed by atoms with Crippen LogP contribution in [0.1, 0.15) is 0 Å². The first-order chi connectivity index (χ1) is 3.80. The maximum atomic E-state index is 10.5. The summed E-state index contributed by atoms with van der Waals surface area (Å²) >= 11 is 0. The Morgan fingerprint density at radius 2 is 2.25 bits per heavy atom. The van der Waals surface area contributed by atoms with Gasteiger partial charge in [0.1, 0.15) is 0 Å². The van der Waals surface area contributed by atoms with Gasteiger partial charge in [-0.3, -0.25) is 4.79 Å². The Morgan fingerprint density at radius 3 is 2.62 bits per heavy atom. The first-order valence-electron chi connectivity index (χ1n) is 2.45. The van der Waals surface area contributed by atoms with E-state index in [1.807, 2.05) is 0 Å². The molecule has 0 heterocycles. The maximum absolute atomic E-state index is 10.5. The lowest BCUT2D eigenvalue weighted by atomic mass is 10.1. The van der Waals surface area contributed by atoms with Gasteiger partial charge in [-0.2, -0.15) is 0 Å². The molecule has 1 aliphatic carbocycles. The molecule has 0 aliphatic heterocycles. The van der Waals surface area contributed by atoms with Gasteiger partial charge in [0.05, 0.1) is 6.04 Å². The number of ketones is 1. The van der Waals surface area contributed by atoms with Gasteiger partial charge in [0.2, 0.25) is 0 Å². The van der Waals surface area contributed by atoms with E-state index >= 15 is 0 Å². The molecule has 0 aromatic rings. The van der Waals surface area contributed by atoms with Gasteiger partial charge in [-0.05, 0) is 6.08 Å². The molecule has 0 aromatic heterocycles. The Kier molecular flexibility index (Phi) is 1.26. The third-order valence-electron chi connectivity index (χ3n) is 1.02. The summed E-state index contributed by atoms with van der Waals surface area (Å²) < 4.78 is 0. The van der Waals surface area contributed by atoms with Gasteiger partial charge in [0, 0.05) is 0 Å². The number of carbonyl (C=O) groups excluding carboxylic acids is 1. The van der Waals surface area contributed by atoms with Gasteiger partial charge >= 0.3 is 0 Å². The molecule has 0 fully saturated rings. The molecule has 1 unspecified atom stereocenters. The highest BCUT2D eigenvalue weighted by atomic mass is 16.1. The van der Waals surface area contributed by atoms with Crippen molar-refractivity contribution < 1.29 is 4.79 Å². The number of hydrogen-bond acceptors (Lipinski definition) is 2. The predicted octanol–water partition coefficient (Wildman–Crippen LogP) is 0.00880. The molecule has 0 amide bonds. The van der Waals surface area contributed by atoms with Gasteiger partial charge in [-0.25, -0.2) is 0 Å². The lowest BCUT2D eigenvalue weighted by molar-refractivity contribution is -0.114. The summed E-state index contributed by atoms with van der Waals surface area (Å²) in [6.07, 6.45) is 6.60. The van der Waals surface area contributed by atoms with Crippen LogP contribution in [0.5, 0.6) is 0 Å². The van der Waals surface area contributed by atoms with Crippen molar-refractivity contribution in [3.05, 3.63) is 24.3 Å². The van der Waals surface area contributed by atoms with Gasteiger partial charge < -0.3 is 5.73 Å². The van der Waals surface area contributed by atoms with Gasteiger partial charge in [-0.1, -0.05) is 18.2 Å². The summed E-state index contributed by atoms with van der Waals surface area (Å²) in [6.45, 7) is 0. The molecule has 0 radical (unpaired) electrons. The van der Waals surface area contributed by atoms with E-state index in [1.54, 1.807) is 18.2 Å². The van der Waals surface area contributed by atoms with Crippen LogP contribution >= 0.6 is 0 Å². The van der Waals surface area contributed by atoms with Crippen molar-refractivity contribution in [1.82, 2.24) is 0 Å². The van der Waals surface area contributed by atoms with Gasteiger partial charge in [0.25, 0.3) is 0 Å². The fourth-order valence-corrected chi connectivity index (χ4v) is 0.540. The molecule has 8 heavy (non-hydrogen) atoms. The second-order valence-electron chi connectivity index (χ2n) is 1.67. The van der Waals surface area contributed by atoms with E-state index in [4.69, 9.17) is 5.73 Å². The van der Waals surface area contributed by atoms with E-state index in [1.165, 1.54) is 6.08 Å². The predicted molar refractivity (Wildman–Crippen MR) is 31.3 cm³/mol. The van der Waals surface area contributed by atoms with Crippen LogP contribution < -0.4 is 5.73 Å². The summed E-state index contributed by atoms with van der Waals surface area (Å²) in [5.74, 6) is -0.0208. The zero-order chi connectivity index (χ0) is 5.98. The first kappa shape index (κ1) is 5.25. The Hall–Kier alpha value is -0.890. The van der Waals surface area contributed by atoms with Crippen molar-refractivity contribution in [3.8, 4) is 0 Å². The minimum atomic E-state index is -0.403. The summed E-state index contributed by atoms with van der Waals surface area (Å²) in [4.78, 5) is 10.5. The Morgan fingerprint density at radius 1 is 1.50 bits per heavy atom. The van der Waals surface area contributed by atoms with E-state index in [0.717, 1.165) is 0 Å². The molecular weight excluding hydrogens is 102 g/mol. The lowest BCUT2D eigenvalue weighted by Crippen LogP contribution is -2.27. The van der Waals surface area contributed by atoms with Crippen LogP contribution in [-0.2, 0) is 4.79 Å². The van der Waals surface area contributed by atoms with Crippen LogP contribution in [0.3, 0.4) is 0 Å². The molecule has 0 saturated carbocycles. The van der Waals surface area contributed by atoms with Crippen molar-refractivity contribution in [3.63, 3.8) is 0 Å². The number of rotatable bonds is 0. The fraction of sp³-hybridized carbons (Fsp3) is 0.167. The smallest absolute Gasteiger partial charge is 0.176 e. The van der Waals surface area contributed by atoms with E-state index in [2.05, 4.69) is 0 Å². The van der Waals surface area contributed by atoms with Crippen molar-refractivity contribution in [2.24, 2.45) is 5.73 Å². The molecule has 42 valence electrons. The molecule has 1 atom stereocenters.